The number of rotatable bonds is 13. The SMILES string of the molecule is CC[C@@H](C)NC(=O)[C@@H](C)N(Cc1cccc(OC)c1)C(=O)CCCN(c1ccccc1C)S(C)(=O)=O. The number of nitrogens with zero attached hydrogens (tertiary/aromatic N) is 2. The fourth-order valence-electron chi connectivity index (χ4n) is 3.84. The molecule has 2 aromatic carbocycles. The van der Waals surface area contributed by atoms with E-state index in [4.69, 9.17) is 4.74 Å². The Labute approximate surface area is 215 Å². The fraction of sp³-hybridized carbons (Fsp3) is 0.481. The lowest BCUT2D eigenvalue weighted by atomic mass is 10.1. The highest BCUT2D eigenvalue weighted by atomic mass is 32.2. The number of hydrogen-bond acceptors (Lipinski definition) is 5. The molecule has 0 aliphatic rings. The summed E-state index contributed by atoms with van der Waals surface area (Å²) >= 11 is 0. The summed E-state index contributed by atoms with van der Waals surface area (Å²) in [6, 6.07) is 13.9. The van der Waals surface area contributed by atoms with Crippen molar-refractivity contribution in [3.8, 4) is 5.75 Å². The van der Waals surface area contributed by atoms with Gasteiger partial charge in [0.1, 0.15) is 11.8 Å². The molecular weight excluding hydrogens is 478 g/mol. The van der Waals surface area contributed by atoms with E-state index >= 15 is 0 Å². The minimum Gasteiger partial charge on any atom is -0.497 e. The first-order chi connectivity index (χ1) is 17.0. The number of carbonyl (C=O) groups excluding carboxylic acids is 2. The molecule has 0 saturated carbocycles. The molecule has 9 heteroatoms. The molecule has 0 radical (unpaired) electrons. The maximum absolute atomic E-state index is 13.4. The summed E-state index contributed by atoms with van der Waals surface area (Å²) in [6.07, 6.45) is 2.36. The number of hydrogen-bond donors (Lipinski definition) is 1. The maximum atomic E-state index is 13.4. The minimum absolute atomic E-state index is 0.00819. The molecule has 0 heterocycles. The van der Waals surface area contributed by atoms with Crippen LogP contribution in [0.1, 0.15) is 51.2 Å². The van der Waals surface area contributed by atoms with Gasteiger partial charge in [-0.1, -0.05) is 37.3 Å². The lowest BCUT2D eigenvalue weighted by Gasteiger charge is -2.30. The Kier molecular flexibility index (Phi) is 10.8. The number of benzene rings is 2. The van der Waals surface area contributed by atoms with Gasteiger partial charge in [0, 0.05) is 25.6 Å². The average molecular weight is 518 g/mol. The zero-order valence-electron chi connectivity index (χ0n) is 22.2. The Balaban J connectivity index is 2.20. The van der Waals surface area contributed by atoms with Crippen LogP contribution in [-0.4, -0.2) is 57.1 Å². The van der Waals surface area contributed by atoms with Crippen molar-refractivity contribution in [3.63, 3.8) is 0 Å². The van der Waals surface area contributed by atoms with E-state index in [1.54, 1.807) is 31.1 Å². The van der Waals surface area contributed by atoms with Crippen LogP contribution >= 0.6 is 0 Å². The van der Waals surface area contributed by atoms with E-state index in [-0.39, 0.29) is 37.4 Å². The molecule has 0 unspecified atom stereocenters. The lowest BCUT2D eigenvalue weighted by molar-refractivity contribution is -0.140. The van der Waals surface area contributed by atoms with Crippen LogP contribution in [-0.2, 0) is 26.2 Å². The molecule has 1 N–H and O–H groups in total. The van der Waals surface area contributed by atoms with Gasteiger partial charge in [-0.25, -0.2) is 8.42 Å². The number of para-hydroxylation sites is 1. The summed E-state index contributed by atoms with van der Waals surface area (Å²) in [5, 5.41) is 2.95. The first-order valence-electron chi connectivity index (χ1n) is 12.2. The quantitative estimate of drug-likeness (QED) is 0.435. The topological polar surface area (TPSA) is 96.0 Å². The number of amides is 2. The summed E-state index contributed by atoms with van der Waals surface area (Å²) in [5.74, 6) is 0.222. The van der Waals surface area contributed by atoms with E-state index in [1.165, 1.54) is 4.31 Å². The highest BCUT2D eigenvalue weighted by Crippen LogP contribution is 2.23. The first-order valence-corrected chi connectivity index (χ1v) is 14.1. The normalized spacial score (nSPS) is 12.9. The van der Waals surface area contributed by atoms with Crippen LogP contribution in [0.2, 0.25) is 0 Å². The number of nitrogens with one attached hydrogen (secondary N) is 1. The molecule has 0 fully saturated rings. The molecule has 2 rings (SSSR count). The van der Waals surface area contributed by atoms with Crippen LogP contribution in [0.25, 0.3) is 0 Å². The van der Waals surface area contributed by atoms with Gasteiger partial charge in [-0.15, -0.1) is 0 Å². The number of carbonyl (C=O) groups is 2. The third-order valence-electron chi connectivity index (χ3n) is 6.19. The molecular formula is C27H39N3O5S. The van der Waals surface area contributed by atoms with Gasteiger partial charge in [0.25, 0.3) is 0 Å². The second-order valence-corrected chi connectivity index (χ2v) is 11.0. The third-order valence-corrected chi connectivity index (χ3v) is 7.37. The second kappa shape index (κ2) is 13.3. The van der Waals surface area contributed by atoms with Crippen molar-refractivity contribution < 1.29 is 22.7 Å². The largest absolute Gasteiger partial charge is 0.497 e. The summed E-state index contributed by atoms with van der Waals surface area (Å²) in [5.41, 5.74) is 2.27. The van der Waals surface area contributed by atoms with Crippen molar-refractivity contribution in [2.75, 3.05) is 24.2 Å². The van der Waals surface area contributed by atoms with E-state index in [9.17, 15) is 18.0 Å². The number of ether oxygens (including phenoxy) is 1. The predicted molar refractivity (Wildman–Crippen MR) is 144 cm³/mol. The zero-order chi connectivity index (χ0) is 26.9. The standard InChI is InChI=1S/C27H39N3O5S/c1-7-21(3)28-27(32)22(4)29(19-23-13-10-14-24(18-23)35-5)26(31)16-11-17-30(36(6,33)34)25-15-9-8-12-20(25)2/h8-10,12-15,18,21-22H,7,11,16-17,19H2,1-6H3,(H,28,32)/t21-,22-/m1/s1. The summed E-state index contributed by atoms with van der Waals surface area (Å²) in [6.45, 7) is 7.87. The van der Waals surface area contributed by atoms with Crippen LogP contribution in [0.3, 0.4) is 0 Å². The van der Waals surface area contributed by atoms with Crippen molar-refractivity contribution in [1.29, 1.82) is 0 Å². The van der Waals surface area contributed by atoms with Crippen molar-refractivity contribution in [2.24, 2.45) is 0 Å². The summed E-state index contributed by atoms with van der Waals surface area (Å²) < 4.78 is 31.6. The summed E-state index contributed by atoms with van der Waals surface area (Å²) in [7, 11) is -1.96. The van der Waals surface area contributed by atoms with Gasteiger partial charge >= 0.3 is 0 Å². The van der Waals surface area contributed by atoms with Gasteiger partial charge in [0.2, 0.25) is 21.8 Å². The highest BCUT2D eigenvalue weighted by molar-refractivity contribution is 7.92. The lowest BCUT2D eigenvalue weighted by Crippen LogP contribution is -2.49. The number of methoxy groups -OCH3 is 1. The van der Waals surface area contributed by atoms with Gasteiger partial charge in [-0.05, 0) is 62.9 Å². The van der Waals surface area contributed by atoms with Gasteiger partial charge < -0.3 is 15.0 Å². The van der Waals surface area contributed by atoms with Crippen molar-refractivity contribution in [2.45, 2.75) is 65.6 Å². The number of sulfonamides is 1. The Morgan fingerprint density at radius 3 is 2.39 bits per heavy atom. The third kappa shape index (κ3) is 8.26. The number of aryl methyl sites for hydroxylation is 1. The van der Waals surface area contributed by atoms with Gasteiger partial charge in [0.15, 0.2) is 0 Å². The fourth-order valence-corrected chi connectivity index (χ4v) is 4.86. The summed E-state index contributed by atoms with van der Waals surface area (Å²) in [4.78, 5) is 27.8. The van der Waals surface area contributed by atoms with Crippen molar-refractivity contribution in [1.82, 2.24) is 10.2 Å². The van der Waals surface area contributed by atoms with Crippen molar-refractivity contribution in [3.05, 3.63) is 59.7 Å². The Bertz CT molecular complexity index is 1140. The predicted octanol–water partition coefficient (Wildman–Crippen LogP) is 3.88. The van der Waals surface area contributed by atoms with Crippen molar-refractivity contribution >= 4 is 27.5 Å². The van der Waals surface area contributed by atoms with E-state index in [1.807, 2.05) is 57.2 Å². The Morgan fingerprint density at radius 1 is 1.08 bits per heavy atom. The van der Waals surface area contributed by atoms with E-state index in [0.29, 0.717) is 17.9 Å². The van der Waals surface area contributed by atoms with Gasteiger partial charge in [0.05, 0.1) is 19.1 Å². The molecule has 0 spiro atoms. The van der Waals surface area contributed by atoms with Crippen LogP contribution < -0.4 is 14.4 Å². The average Bonchev–Trinajstić information content (AvgIpc) is 2.84. The van der Waals surface area contributed by atoms with Gasteiger partial charge in [-0.2, -0.15) is 0 Å². The van der Waals surface area contributed by atoms with Gasteiger partial charge in [-0.3, -0.25) is 13.9 Å². The Morgan fingerprint density at radius 2 is 1.78 bits per heavy atom. The minimum atomic E-state index is -3.53. The second-order valence-electron chi connectivity index (χ2n) is 9.09. The molecule has 8 nitrogen and oxygen atoms in total. The Hall–Kier alpha value is -3.07. The molecule has 198 valence electrons. The molecule has 0 aliphatic carbocycles. The van der Waals surface area contributed by atoms with Crippen LogP contribution in [0, 0.1) is 6.92 Å². The molecule has 2 amide bonds. The first kappa shape index (κ1) is 29.2. The van der Waals surface area contributed by atoms with E-state index < -0.39 is 16.1 Å². The zero-order valence-corrected chi connectivity index (χ0v) is 23.0. The smallest absolute Gasteiger partial charge is 0.242 e. The molecule has 2 aromatic rings. The van der Waals surface area contributed by atoms with E-state index in [2.05, 4.69) is 5.32 Å². The molecule has 0 aromatic heterocycles. The maximum Gasteiger partial charge on any atom is 0.242 e. The molecule has 0 aliphatic heterocycles. The van der Waals surface area contributed by atoms with Crippen LogP contribution in [0.4, 0.5) is 5.69 Å². The monoisotopic (exact) mass is 517 g/mol. The van der Waals surface area contributed by atoms with E-state index in [0.717, 1.165) is 23.8 Å². The molecule has 0 saturated heterocycles. The highest BCUT2D eigenvalue weighted by Gasteiger charge is 2.27. The molecule has 2 atom stereocenters. The molecule has 36 heavy (non-hydrogen) atoms. The van der Waals surface area contributed by atoms with Crippen LogP contribution in [0.5, 0.6) is 5.75 Å². The number of anilines is 1. The van der Waals surface area contributed by atoms with Crippen LogP contribution in [0.15, 0.2) is 48.5 Å². The molecule has 0 bridgehead atoms.